The van der Waals surface area contributed by atoms with Crippen LogP contribution in [-0.4, -0.2) is 49.7 Å². The Bertz CT molecular complexity index is 684. The fraction of sp³-hybridized carbons (Fsp3) is 0.533. The van der Waals surface area contributed by atoms with E-state index in [-0.39, 0.29) is 21.7 Å². The van der Waals surface area contributed by atoms with Gasteiger partial charge in [0.2, 0.25) is 15.9 Å². The van der Waals surface area contributed by atoms with Gasteiger partial charge < -0.3 is 4.90 Å². The molecule has 2 aliphatic rings. The summed E-state index contributed by atoms with van der Waals surface area (Å²) in [6.07, 6.45) is 0.955. The molecule has 2 fully saturated rings. The third-order valence-corrected chi connectivity index (χ3v) is 6.83. The van der Waals surface area contributed by atoms with E-state index < -0.39 is 10.0 Å². The lowest BCUT2D eigenvalue weighted by Crippen LogP contribution is -2.51. The molecular formula is C15H19ClN2O3S. The molecule has 0 unspecified atom stereocenters. The Hall–Kier alpha value is -1.11. The lowest BCUT2D eigenvalue weighted by molar-refractivity contribution is -0.134. The van der Waals surface area contributed by atoms with Gasteiger partial charge in [-0.1, -0.05) is 30.7 Å². The van der Waals surface area contributed by atoms with Crippen molar-refractivity contribution in [3.63, 3.8) is 0 Å². The molecule has 1 saturated carbocycles. The van der Waals surface area contributed by atoms with Crippen LogP contribution in [0.1, 0.15) is 13.3 Å². The highest BCUT2D eigenvalue weighted by molar-refractivity contribution is 7.89. The van der Waals surface area contributed by atoms with Gasteiger partial charge in [0.05, 0.1) is 5.02 Å². The largest absolute Gasteiger partial charge is 0.340 e. The van der Waals surface area contributed by atoms with Gasteiger partial charge in [0.25, 0.3) is 0 Å². The van der Waals surface area contributed by atoms with E-state index in [0.29, 0.717) is 32.1 Å². The van der Waals surface area contributed by atoms with Crippen LogP contribution in [0.3, 0.4) is 0 Å². The molecule has 0 aromatic heterocycles. The Morgan fingerprint density at radius 2 is 1.77 bits per heavy atom. The number of benzene rings is 1. The summed E-state index contributed by atoms with van der Waals surface area (Å²) in [6.45, 7) is 3.61. The number of halogens is 1. The predicted molar refractivity (Wildman–Crippen MR) is 84.1 cm³/mol. The van der Waals surface area contributed by atoms with Crippen molar-refractivity contribution in [2.24, 2.45) is 11.8 Å². The second kappa shape index (κ2) is 5.83. The van der Waals surface area contributed by atoms with Gasteiger partial charge in [-0.25, -0.2) is 8.42 Å². The Labute approximate surface area is 135 Å². The van der Waals surface area contributed by atoms with Crippen LogP contribution >= 0.6 is 11.6 Å². The van der Waals surface area contributed by atoms with E-state index in [2.05, 4.69) is 6.92 Å². The first-order valence-electron chi connectivity index (χ1n) is 7.44. The first-order chi connectivity index (χ1) is 10.4. The Kier molecular flexibility index (Phi) is 4.18. The number of amides is 1. The maximum atomic E-state index is 12.6. The molecule has 3 rings (SSSR count). The highest BCUT2D eigenvalue weighted by Gasteiger charge is 2.42. The zero-order chi connectivity index (χ0) is 15.9. The summed E-state index contributed by atoms with van der Waals surface area (Å²) in [6, 6.07) is 6.45. The summed E-state index contributed by atoms with van der Waals surface area (Å²) in [7, 11) is -3.59. The highest BCUT2D eigenvalue weighted by atomic mass is 35.5. The van der Waals surface area contributed by atoms with Crippen molar-refractivity contribution in [3.8, 4) is 0 Å². The summed E-state index contributed by atoms with van der Waals surface area (Å²) in [5, 5.41) is 0.229. The molecule has 5 nitrogen and oxygen atoms in total. The SMILES string of the molecule is C[C@H]1C[C@@H]1C(=O)N1CCN(S(=O)(=O)c2ccccc2Cl)CC1. The van der Waals surface area contributed by atoms with Crippen LogP contribution in [0.25, 0.3) is 0 Å². The zero-order valence-corrected chi connectivity index (χ0v) is 14.0. The molecule has 1 aliphatic heterocycles. The molecule has 0 bridgehead atoms. The van der Waals surface area contributed by atoms with E-state index in [4.69, 9.17) is 11.6 Å². The van der Waals surface area contributed by atoms with E-state index in [0.717, 1.165) is 6.42 Å². The van der Waals surface area contributed by atoms with Gasteiger partial charge in [-0.2, -0.15) is 4.31 Å². The van der Waals surface area contributed by atoms with Crippen molar-refractivity contribution in [3.05, 3.63) is 29.3 Å². The molecular weight excluding hydrogens is 324 g/mol. The Morgan fingerprint density at radius 1 is 1.18 bits per heavy atom. The van der Waals surface area contributed by atoms with Crippen LogP contribution in [0, 0.1) is 11.8 Å². The smallest absolute Gasteiger partial charge is 0.244 e. The Balaban J connectivity index is 1.68. The number of hydrogen-bond acceptors (Lipinski definition) is 3. The van der Waals surface area contributed by atoms with Crippen molar-refractivity contribution < 1.29 is 13.2 Å². The molecule has 1 amide bonds. The third-order valence-electron chi connectivity index (χ3n) is 4.43. The van der Waals surface area contributed by atoms with E-state index in [9.17, 15) is 13.2 Å². The number of carbonyl (C=O) groups excluding carboxylic acids is 1. The van der Waals surface area contributed by atoms with Crippen molar-refractivity contribution in [2.45, 2.75) is 18.2 Å². The maximum Gasteiger partial charge on any atom is 0.244 e. The molecule has 1 aliphatic carbocycles. The number of sulfonamides is 1. The molecule has 0 spiro atoms. The number of rotatable bonds is 3. The first kappa shape index (κ1) is 15.8. The predicted octanol–water partition coefficient (Wildman–Crippen LogP) is 1.83. The topological polar surface area (TPSA) is 57.7 Å². The maximum absolute atomic E-state index is 12.6. The number of hydrogen-bond donors (Lipinski definition) is 0. The van der Waals surface area contributed by atoms with E-state index in [1.807, 2.05) is 0 Å². The second-order valence-electron chi connectivity index (χ2n) is 5.98. The van der Waals surface area contributed by atoms with Crippen molar-refractivity contribution in [2.75, 3.05) is 26.2 Å². The van der Waals surface area contributed by atoms with E-state index in [1.54, 1.807) is 23.1 Å². The first-order valence-corrected chi connectivity index (χ1v) is 9.26. The van der Waals surface area contributed by atoms with Crippen molar-refractivity contribution in [1.82, 2.24) is 9.21 Å². The molecule has 1 aromatic carbocycles. The van der Waals surface area contributed by atoms with Crippen molar-refractivity contribution >= 4 is 27.5 Å². The fourth-order valence-corrected chi connectivity index (χ4v) is 4.76. The standard InChI is InChI=1S/C15H19ClN2O3S/c1-11-10-12(11)15(19)17-6-8-18(9-7-17)22(20,21)14-5-3-2-4-13(14)16/h2-5,11-12H,6-10H2,1H3/t11-,12-/m0/s1. The monoisotopic (exact) mass is 342 g/mol. The molecule has 1 heterocycles. The zero-order valence-electron chi connectivity index (χ0n) is 12.4. The van der Waals surface area contributed by atoms with Gasteiger partial charge in [0, 0.05) is 32.1 Å². The molecule has 1 saturated heterocycles. The highest BCUT2D eigenvalue weighted by Crippen LogP contribution is 2.39. The number of piperazine rings is 1. The van der Waals surface area contributed by atoms with Gasteiger partial charge in [0.15, 0.2) is 0 Å². The summed E-state index contributed by atoms with van der Waals surface area (Å²) in [4.78, 5) is 14.1. The number of nitrogens with zero attached hydrogens (tertiary/aromatic N) is 2. The Morgan fingerprint density at radius 3 is 2.32 bits per heavy atom. The minimum Gasteiger partial charge on any atom is -0.340 e. The molecule has 7 heteroatoms. The molecule has 22 heavy (non-hydrogen) atoms. The summed E-state index contributed by atoms with van der Waals surface area (Å²) >= 11 is 6.00. The number of carbonyl (C=O) groups is 1. The van der Waals surface area contributed by atoms with Gasteiger partial charge in [-0.15, -0.1) is 0 Å². The second-order valence-corrected chi connectivity index (χ2v) is 8.29. The molecule has 120 valence electrons. The summed E-state index contributed by atoms with van der Waals surface area (Å²) in [5.74, 6) is 0.784. The van der Waals surface area contributed by atoms with Gasteiger partial charge >= 0.3 is 0 Å². The fourth-order valence-electron chi connectivity index (χ4n) is 2.84. The lowest BCUT2D eigenvalue weighted by Gasteiger charge is -2.34. The molecule has 1 aromatic rings. The average Bonchev–Trinajstić information content (AvgIpc) is 3.24. The van der Waals surface area contributed by atoms with Crippen LogP contribution in [0.5, 0.6) is 0 Å². The van der Waals surface area contributed by atoms with Crippen LogP contribution in [0.15, 0.2) is 29.2 Å². The van der Waals surface area contributed by atoms with Gasteiger partial charge in [0.1, 0.15) is 4.90 Å². The minimum atomic E-state index is -3.59. The minimum absolute atomic E-state index is 0.132. The quantitative estimate of drug-likeness (QED) is 0.842. The third kappa shape index (κ3) is 2.87. The van der Waals surface area contributed by atoms with Crippen LogP contribution in [0.2, 0.25) is 5.02 Å². The molecule has 2 atom stereocenters. The molecule has 0 N–H and O–H groups in total. The van der Waals surface area contributed by atoms with Crippen LogP contribution in [-0.2, 0) is 14.8 Å². The van der Waals surface area contributed by atoms with E-state index >= 15 is 0 Å². The van der Waals surface area contributed by atoms with Crippen LogP contribution < -0.4 is 0 Å². The van der Waals surface area contributed by atoms with E-state index in [1.165, 1.54) is 10.4 Å². The normalized spacial score (nSPS) is 26.0. The summed E-state index contributed by atoms with van der Waals surface area (Å²) < 4.78 is 26.7. The van der Waals surface area contributed by atoms with Gasteiger partial charge in [-0.05, 0) is 24.5 Å². The lowest BCUT2D eigenvalue weighted by atomic mass is 10.2. The van der Waals surface area contributed by atoms with Crippen LogP contribution in [0.4, 0.5) is 0 Å². The van der Waals surface area contributed by atoms with Gasteiger partial charge in [-0.3, -0.25) is 4.79 Å². The van der Waals surface area contributed by atoms with Crippen molar-refractivity contribution in [1.29, 1.82) is 0 Å². The summed E-state index contributed by atoms with van der Waals surface area (Å²) in [5.41, 5.74) is 0. The average molecular weight is 343 g/mol. The molecule has 0 radical (unpaired) electrons.